The summed E-state index contributed by atoms with van der Waals surface area (Å²) in [5, 5.41) is 7.54. The summed E-state index contributed by atoms with van der Waals surface area (Å²) < 4.78 is 10.6. The fourth-order valence-electron chi connectivity index (χ4n) is 2.12. The minimum atomic E-state index is -0.462. The van der Waals surface area contributed by atoms with Crippen molar-refractivity contribution in [3.63, 3.8) is 0 Å². The van der Waals surface area contributed by atoms with Gasteiger partial charge in [0.1, 0.15) is 11.5 Å². The molecule has 8 nitrogen and oxygen atoms in total. The van der Waals surface area contributed by atoms with Crippen molar-refractivity contribution in [2.75, 3.05) is 13.1 Å². The maximum atomic E-state index is 12.0. The van der Waals surface area contributed by atoms with E-state index in [4.69, 9.17) is 9.15 Å². The van der Waals surface area contributed by atoms with Crippen LogP contribution >= 0.6 is 0 Å². The Morgan fingerprint density at radius 1 is 0.963 bits per heavy atom. The molecular formula is C19H23N3O5. The molecule has 1 heterocycles. The number of hydrogen-bond acceptors (Lipinski definition) is 5. The van der Waals surface area contributed by atoms with Crippen LogP contribution in [0.4, 0.5) is 0 Å². The van der Waals surface area contributed by atoms with Gasteiger partial charge in [-0.25, -0.2) is 0 Å². The van der Waals surface area contributed by atoms with Crippen LogP contribution in [0, 0.1) is 0 Å². The molecule has 144 valence electrons. The monoisotopic (exact) mass is 373 g/mol. The number of amides is 3. The quantitative estimate of drug-likeness (QED) is 0.612. The van der Waals surface area contributed by atoms with Gasteiger partial charge in [0.15, 0.2) is 0 Å². The third-order valence-corrected chi connectivity index (χ3v) is 3.38. The fraction of sp³-hybridized carbons (Fsp3) is 0.316. The first-order valence-electron chi connectivity index (χ1n) is 8.54. The van der Waals surface area contributed by atoms with E-state index in [0.29, 0.717) is 17.1 Å². The van der Waals surface area contributed by atoms with Crippen molar-refractivity contribution in [3.05, 3.63) is 54.0 Å². The van der Waals surface area contributed by atoms with Crippen molar-refractivity contribution >= 4 is 17.7 Å². The summed E-state index contributed by atoms with van der Waals surface area (Å²) in [6, 6.07) is 10.1. The van der Waals surface area contributed by atoms with E-state index in [1.807, 2.05) is 13.8 Å². The molecule has 2 rings (SSSR count). The minimum absolute atomic E-state index is 0.0460. The highest BCUT2D eigenvalue weighted by molar-refractivity contribution is 5.96. The van der Waals surface area contributed by atoms with Gasteiger partial charge in [-0.2, -0.15) is 0 Å². The summed E-state index contributed by atoms with van der Waals surface area (Å²) in [4.78, 5) is 35.4. The van der Waals surface area contributed by atoms with Crippen LogP contribution in [-0.4, -0.2) is 36.9 Å². The van der Waals surface area contributed by atoms with E-state index >= 15 is 0 Å². The fourth-order valence-corrected chi connectivity index (χ4v) is 2.12. The SMILES string of the molecule is CC(C)Oc1ccc(C(=O)NCC(=O)NCC(=O)NCc2ccco2)cc1. The molecule has 1 aromatic heterocycles. The van der Waals surface area contributed by atoms with Gasteiger partial charge in [0.25, 0.3) is 5.91 Å². The summed E-state index contributed by atoms with van der Waals surface area (Å²) in [6.07, 6.45) is 1.56. The van der Waals surface area contributed by atoms with Gasteiger partial charge < -0.3 is 25.1 Å². The number of ether oxygens (including phenoxy) is 1. The summed E-state index contributed by atoms with van der Waals surface area (Å²) in [5.74, 6) is 0.0817. The molecule has 27 heavy (non-hydrogen) atoms. The Morgan fingerprint density at radius 2 is 1.63 bits per heavy atom. The largest absolute Gasteiger partial charge is 0.491 e. The molecule has 0 saturated heterocycles. The van der Waals surface area contributed by atoms with E-state index < -0.39 is 5.91 Å². The molecule has 8 heteroatoms. The minimum Gasteiger partial charge on any atom is -0.491 e. The van der Waals surface area contributed by atoms with E-state index in [2.05, 4.69) is 16.0 Å². The highest BCUT2D eigenvalue weighted by Crippen LogP contribution is 2.13. The van der Waals surface area contributed by atoms with Crippen molar-refractivity contribution in [1.29, 1.82) is 0 Å². The normalized spacial score (nSPS) is 10.3. The van der Waals surface area contributed by atoms with Gasteiger partial charge in [0, 0.05) is 5.56 Å². The van der Waals surface area contributed by atoms with Crippen molar-refractivity contribution < 1.29 is 23.5 Å². The summed E-state index contributed by atoms with van der Waals surface area (Å²) in [5.41, 5.74) is 0.412. The molecule has 0 aliphatic carbocycles. The second-order valence-electron chi connectivity index (χ2n) is 6.01. The van der Waals surface area contributed by atoms with Crippen LogP contribution in [0.2, 0.25) is 0 Å². The molecule has 0 aliphatic heterocycles. The molecule has 1 aromatic carbocycles. The van der Waals surface area contributed by atoms with Gasteiger partial charge in [-0.05, 0) is 50.2 Å². The third-order valence-electron chi connectivity index (χ3n) is 3.38. The van der Waals surface area contributed by atoms with Crippen LogP contribution in [0.5, 0.6) is 5.75 Å². The van der Waals surface area contributed by atoms with E-state index in [-0.39, 0.29) is 37.6 Å². The Balaban J connectivity index is 1.66. The maximum Gasteiger partial charge on any atom is 0.251 e. The Hall–Kier alpha value is -3.29. The van der Waals surface area contributed by atoms with Crippen molar-refractivity contribution in [3.8, 4) is 5.75 Å². The van der Waals surface area contributed by atoms with Crippen LogP contribution < -0.4 is 20.7 Å². The molecule has 0 radical (unpaired) electrons. The lowest BCUT2D eigenvalue weighted by Crippen LogP contribution is -2.41. The van der Waals surface area contributed by atoms with Crippen molar-refractivity contribution in [2.24, 2.45) is 0 Å². The zero-order valence-corrected chi connectivity index (χ0v) is 15.3. The second kappa shape index (κ2) is 10.0. The van der Waals surface area contributed by atoms with E-state index in [9.17, 15) is 14.4 Å². The Morgan fingerprint density at radius 3 is 2.26 bits per heavy atom. The number of furan rings is 1. The van der Waals surface area contributed by atoms with Gasteiger partial charge in [-0.1, -0.05) is 0 Å². The average Bonchev–Trinajstić information content (AvgIpc) is 3.16. The summed E-state index contributed by atoms with van der Waals surface area (Å²) in [6.45, 7) is 3.66. The Kier molecular flexibility index (Phi) is 7.42. The van der Waals surface area contributed by atoms with E-state index in [1.165, 1.54) is 6.26 Å². The van der Waals surface area contributed by atoms with Crippen LogP contribution in [0.25, 0.3) is 0 Å². The van der Waals surface area contributed by atoms with E-state index in [1.54, 1.807) is 36.4 Å². The number of hydrogen-bond donors (Lipinski definition) is 3. The highest BCUT2D eigenvalue weighted by Gasteiger charge is 2.10. The second-order valence-corrected chi connectivity index (χ2v) is 6.01. The smallest absolute Gasteiger partial charge is 0.251 e. The summed E-state index contributed by atoms with van der Waals surface area (Å²) >= 11 is 0. The first-order chi connectivity index (χ1) is 12.9. The first-order valence-corrected chi connectivity index (χ1v) is 8.54. The molecule has 0 unspecified atom stereocenters. The molecule has 0 atom stereocenters. The zero-order valence-electron chi connectivity index (χ0n) is 15.3. The first kappa shape index (κ1) is 20.0. The van der Waals surface area contributed by atoms with Crippen LogP contribution in [0.1, 0.15) is 30.0 Å². The van der Waals surface area contributed by atoms with Crippen LogP contribution in [-0.2, 0) is 16.1 Å². The number of carbonyl (C=O) groups excluding carboxylic acids is 3. The Bertz CT molecular complexity index is 754. The number of benzene rings is 1. The zero-order chi connectivity index (χ0) is 19.6. The number of rotatable bonds is 9. The molecule has 0 aliphatic rings. The number of carbonyl (C=O) groups is 3. The van der Waals surface area contributed by atoms with Crippen molar-refractivity contribution in [2.45, 2.75) is 26.5 Å². The van der Waals surface area contributed by atoms with E-state index in [0.717, 1.165) is 0 Å². The molecule has 0 bridgehead atoms. The number of nitrogens with one attached hydrogen (secondary N) is 3. The predicted molar refractivity (Wildman–Crippen MR) is 98.1 cm³/mol. The molecule has 0 fully saturated rings. The van der Waals surface area contributed by atoms with Gasteiger partial charge in [-0.15, -0.1) is 0 Å². The lowest BCUT2D eigenvalue weighted by atomic mass is 10.2. The standard InChI is InChI=1S/C19H23N3O5/c1-13(2)27-15-7-5-14(6-8-15)19(25)22-12-18(24)21-11-17(23)20-10-16-4-3-9-26-16/h3-9,13H,10-12H2,1-2H3,(H,20,23)(H,21,24)(H,22,25). The van der Waals surface area contributed by atoms with Gasteiger partial charge in [0.05, 0.1) is 32.0 Å². The molecule has 3 N–H and O–H groups in total. The van der Waals surface area contributed by atoms with Gasteiger partial charge in [0.2, 0.25) is 11.8 Å². The average molecular weight is 373 g/mol. The van der Waals surface area contributed by atoms with Gasteiger partial charge in [-0.3, -0.25) is 14.4 Å². The predicted octanol–water partition coefficient (Wildman–Crippen LogP) is 1.23. The third kappa shape index (κ3) is 7.23. The molecule has 2 aromatic rings. The van der Waals surface area contributed by atoms with Gasteiger partial charge >= 0.3 is 0 Å². The molecule has 0 spiro atoms. The molecule has 0 saturated carbocycles. The topological polar surface area (TPSA) is 110 Å². The van der Waals surface area contributed by atoms with Crippen LogP contribution in [0.15, 0.2) is 47.1 Å². The lowest BCUT2D eigenvalue weighted by Gasteiger charge is -2.10. The van der Waals surface area contributed by atoms with Crippen molar-refractivity contribution in [1.82, 2.24) is 16.0 Å². The van der Waals surface area contributed by atoms with Crippen LogP contribution in [0.3, 0.4) is 0 Å². The Labute approximate surface area is 157 Å². The molecular weight excluding hydrogens is 350 g/mol. The lowest BCUT2D eigenvalue weighted by molar-refractivity contribution is -0.125. The highest BCUT2D eigenvalue weighted by atomic mass is 16.5. The maximum absolute atomic E-state index is 12.0. The molecule has 3 amide bonds. The summed E-state index contributed by atoms with van der Waals surface area (Å²) in [7, 11) is 0.